The van der Waals surface area contributed by atoms with Gasteiger partial charge in [-0.2, -0.15) is 13.2 Å². The van der Waals surface area contributed by atoms with E-state index in [0.29, 0.717) is 29.8 Å². The number of nitrogens with zero attached hydrogens (tertiary/aromatic N) is 2. The van der Waals surface area contributed by atoms with Gasteiger partial charge in [0.25, 0.3) is 5.91 Å². The molecule has 1 saturated carbocycles. The van der Waals surface area contributed by atoms with E-state index >= 15 is 0 Å². The normalized spacial score (nSPS) is 14.2. The number of pyridine rings is 2. The van der Waals surface area contributed by atoms with E-state index in [9.17, 15) is 22.8 Å². The van der Waals surface area contributed by atoms with E-state index in [1.165, 1.54) is 24.5 Å². The predicted molar refractivity (Wildman–Crippen MR) is 119 cm³/mol. The molecule has 1 fully saturated rings. The Labute approximate surface area is 197 Å². The second-order valence-corrected chi connectivity index (χ2v) is 8.25. The highest BCUT2D eigenvalue weighted by Gasteiger charge is 2.51. The SMILES string of the molecule is O=C(NC1(C(=O)NCc2ccc(Nc3ccc(Cl)cc3C(F)(F)F)cn2)CC1)c1cccnc1. The quantitative estimate of drug-likeness (QED) is 0.455. The highest BCUT2D eigenvalue weighted by molar-refractivity contribution is 6.30. The standard InChI is InChI=1S/C23H19ClF3N5O2/c24-15-3-6-19(18(10-15)23(25,26)27)31-17-5-4-16(29-13-17)12-30-21(34)22(7-8-22)32-20(33)14-2-1-9-28-11-14/h1-6,9-11,13,31H,7-8,12H2,(H,30,34)(H,32,33). The molecule has 0 spiro atoms. The molecule has 2 aromatic heterocycles. The Kier molecular flexibility index (Phi) is 6.43. The number of benzene rings is 1. The van der Waals surface area contributed by atoms with Crippen LogP contribution < -0.4 is 16.0 Å². The second-order valence-electron chi connectivity index (χ2n) is 7.81. The number of anilines is 2. The van der Waals surface area contributed by atoms with Gasteiger partial charge in [0.2, 0.25) is 5.91 Å². The van der Waals surface area contributed by atoms with Gasteiger partial charge in [0.1, 0.15) is 5.54 Å². The maximum absolute atomic E-state index is 13.3. The monoisotopic (exact) mass is 489 g/mol. The number of nitrogens with one attached hydrogen (secondary N) is 3. The summed E-state index contributed by atoms with van der Waals surface area (Å²) in [6.45, 7) is 0.0956. The number of aromatic nitrogens is 2. The first-order chi connectivity index (χ1) is 16.2. The Morgan fingerprint density at radius 1 is 1.09 bits per heavy atom. The second kappa shape index (κ2) is 9.30. The lowest BCUT2D eigenvalue weighted by atomic mass is 10.1. The van der Waals surface area contributed by atoms with E-state index in [1.54, 1.807) is 30.5 Å². The fourth-order valence-corrected chi connectivity index (χ4v) is 3.45. The molecule has 0 saturated heterocycles. The average Bonchev–Trinajstić information content (AvgIpc) is 3.60. The molecule has 34 heavy (non-hydrogen) atoms. The van der Waals surface area contributed by atoms with Gasteiger partial charge in [-0.25, -0.2) is 0 Å². The smallest absolute Gasteiger partial charge is 0.354 e. The Morgan fingerprint density at radius 2 is 1.88 bits per heavy atom. The van der Waals surface area contributed by atoms with E-state index in [-0.39, 0.29) is 29.1 Å². The summed E-state index contributed by atoms with van der Waals surface area (Å²) in [5.74, 6) is -0.709. The van der Waals surface area contributed by atoms with Crippen molar-refractivity contribution in [3.05, 3.63) is 82.9 Å². The van der Waals surface area contributed by atoms with Crippen molar-refractivity contribution < 1.29 is 22.8 Å². The molecule has 2 amide bonds. The van der Waals surface area contributed by atoms with Gasteiger partial charge in [-0.05, 0) is 55.3 Å². The van der Waals surface area contributed by atoms with Crippen LogP contribution in [0.25, 0.3) is 0 Å². The molecule has 176 valence electrons. The Morgan fingerprint density at radius 3 is 2.50 bits per heavy atom. The van der Waals surface area contributed by atoms with Gasteiger partial charge >= 0.3 is 6.18 Å². The molecule has 3 aromatic rings. The summed E-state index contributed by atoms with van der Waals surface area (Å²) >= 11 is 5.70. The topological polar surface area (TPSA) is 96.0 Å². The third kappa shape index (κ3) is 5.45. The van der Waals surface area contributed by atoms with Crippen LogP contribution in [0.15, 0.2) is 61.1 Å². The summed E-state index contributed by atoms with van der Waals surface area (Å²) in [7, 11) is 0. The minimum Gasteiger partial charge on any atom is -0.354 e. The van der Waals surface area contributed by atoms with E-state index in [4.69, 9.17) is 11.6 Å². The summed E-state index contributed by atoms with van der Waals surface area (Å²) in [5.41, 5.74) is -0.803. The zero-order chi connectivity index (χ0) is 24.3. The Balaban J connectivity index is 1.35. The van der Waals surface area contributed by atoms with Crippen LogP contribution in [-0.4, -0.2) is 27.3 Å². The molecule has 1 aliphatic rings. The molecule has 0 radical (unpaired) electrons. The van der Waals surface area contributed by atoms with Gasteiger partial charge < -0.3 is 16.0 Å². The third-order valence-electron chi connectivity index (χ3n) is 5.28. The van der Waals surface area contributed by atoms with E-state index in [0.717, 1.165) is 6.07 Å². The van der Waals surface area contributed by atoms with Gasteiger partial charge in [0.05, 0.1) is 40.9 Å². The Bertz CT molecular complexity index is 1200. The third-order valence-corrected chi connectivity index (χ3v) is 5.52. The minimum atomic E-state index is -4.57. The maximum atomic E-state index is 13.3. The number of carbonyl (C=O) groups is 2. The van der Waals surface area contributed by atoms with Crippen LogP contribution in [0.4, 0.5) is 24.5 Å². The van der Waals surface area contributed by atoms with Crippen LogP contribution in [0, 0.1) is 0 Å². The minimum absolute atomic E-state index is 0.0212. The fourth-order valence-electron chi connectivity index (χ4n) is 3.28. The molecule has 0 atom stereocenters. The summed E-state index contributed by atoms with van der Waals surface area (Å²) in [6.07, 6.45) is 0.802. The number of halogens is 4. The van der Waals surface area contributed by atoms with Gasteiger partial charge in [-0.15, -0.1) is 0 Å². The molecule has 0 bridgehead atoms. The van der Waals surface area contributed by atoms with Gasteiger partial charge in [0, 0.05) is 17.4 Å². The van der Waals surface area contributed by atoms with Crippen LogP contribution in [-0.2, 0) is 17.5 Å². The molecule has 4 rings (SSSR count). The summed E-state index contributed by atoms with van der Waals surface area (Å²) in [6, 6.07) is 9.83. The van der Waals surface area contributed by atoms with Crippen molar-refractivity contribution in [3.8, 4) is 0 Å². The first-order valence-electron chi connectivity index (χ1n) is 10.3. The van der Waals surface area contributed by atoms with E-state index < -0.39 is 17.3 Å². The summed E-state index contributed by atoms with van der Waals surface area (Å²) < 4.78 is 39.8. The van der Waals surface area contributed by atoms with Crippen molar-refractivity contribution >= 4 is 34.8 Å². The molecule has 2 heterocycles. The van der Waals surface area contributed by atoms with Crippen molar-refractivity contribution in [1.82, 2.24) is 20.6 Å². The van der Waals surface area contributed by atoms with Crippen molar-refractivity contribution in [3.63, 3.8) is 0 Å². The molecule has 11 heteroatoms. The molecule has 7 nitrogen and oxygen atoms in total. The first kappa shape index (κ1) is 23.5. The number of carbonyl (C=O) groups excluding carboxylic acids is 2. The van der Waals surface area contributed by atoms with Crippen molar-refractivity contribution in [2.45, 2.75) is 31.1 Å². The summed E-state index contributed by atoms with van der Waals surface area (Å²) in [4.78, 5) is 33.1. The maximum Gasteiger partial charge on any atom is 0.418 e. The lowest BCUT2D eigenvalue weighted by molar-refractivity contribution is -0.137. The summed E-state index contributed by atoms with van der Waals surface area (Å²) in [5, 5.41) is 8.17. The van der Waals surface area contributed by atoms with Gasteiger partial charge in [-0.3, -0.25) is 19.6 Å². The van der Waals surface area contributed by atoms with E-state index in [2.05, 4.69) is 25.9 Å². The van der Waals surface area contributed by atoms with Crippen LogP contribution in [0.5, 0.6) is 0 Å². The number of rotatable bonds is 7. The zero-order valence-electron chi connectivity index (χ0n) is 17.6. The molecular weight excluding hydrogens is 471 g/mol. The van der Waals surface area contributed by atoms with E-state index in [1.807, 2.05) is 0 Å². The number of alkyl halides is 3. The predicted octanol–water partition coefficient (Wildman–Crippen LogP) is 4.47. The number of hydrogen-bond acceptors (Lipinski definition) is 5. The van der Waals surface area contributed by atoms with Crippen molar-refractivity contribution in [2.24, 2.45) is 0 Å². The first-order valence-corrected chi connectivity index (χ1v) is 10.6. The van der Waals surface area contributed by atoms with Crippen LogP contribution in [0.3, 0.4) is 0 Å². The zero-order valence-corrected chi connectivity index (χ0v) is 18.4. The molecule has 1 aliphatic carbocycles. The van der Waals surface area contributed by atoms with Gasteiger partial charge in [0.15, 0.2) is 0 Å². The van der Waals surface area contributed by atoms with Crippen LogP contribution >= 0.6 is 11.6 Å². The molecule has 3 N–H and O–H groups in total. The molecular formula is C23H19ClF3N5O2. The number of hydrogen-bond donors (Lipinski definition) is 3. The molecule has 0 unspecified atom stereocenters. The largest absolute Gasteiger partial charge is 0.418 e. The van der Waals surface area contributed by atoms with Crippen molar-refractivity contribution in [1.29, 1.82) is 0 Å². The average molecular weight is 490 g/mol. The molecule has 1 aromatic carbocycles. The lowest BCUT2D eigenvalue weighted by Gasteiger charge is -2.17. The highest BCUT2D eigenvalue weighted by Crippen LogP contribution is 2.38. The van der Waals surface area contributed by atoms with Crippen LogP contribution in [0.1, 0.15) is 34.5 Å². The van der Waals surface area contributed by atoms with Crippen LogP contribution in [0.2, 0.25) is 5.02 Å². The highest BCUT2D eigenvalue weighted by atomic mass is 35.5. The van der Waals surface area contributed by atoms with Crippen molar-refractivity contribution in [2.75, 3.05) is 5.32 Å². The lowest BCUT2D eigenvalue weighted by Crippen LogP contribution is -2.48. The fraction of sp³-hybridized carbons (Fsp3) is 0.217. The van der Waals surface area contributed by atoms with Gasteiger partial charge in [-0.1, -0.05) is 11.6 Å². The molecule has 0 aliphatic heterocycles. The number of amides is 2. The Hall–Kier alpha value is -3.66.